The fraction of sp³-hybridized carbons (Fsp3) is 0.538. The van der Waals surface area contributed by atoms with Gasteiger partial charge in [0.05, 0.1) is 0 Å². The Morgan fingerprint density at radius 1 is 0.472 bits per heavy atom. The SMILES string of the molecule is C/C=C(/C)C(=O)OC1[C@@H](O)[C@H](OC(=O)/C(C)=C\C)C(OC(=O)/C(C)=C\C)[C@@H](OC(=O)/C(C)=C\C)[C@@H]1O. The van der Waals surface area contributed by atoms with Gasteiger partial charge in [0, 0.05) is 22.3 Å². The van der Waals surface area contributed by atoms with E-state index in [-0.39, 0.29) is 22.3 Å². The Morgan fingerprint density at radius 3 is 0.944 bits per heavy atom. The lowest BCUT2D eigenvalue weighted by Crippen LogP contribution is -2.67. The molecule has 0 aromatic carbocycles. The summed E-state index contributed by atoms with van der Waals surface area (Å²) in [6.07, 6.45) is -4.41. The number of aliphatic hydroxyl groups excluding tert-OH is 2. The smallest absolute Gasteiger partial charge is 0.333 e. The number of aliphatic hydroxyl groups is 2. The van der Waals surface area contributed by atoms with Crippen LogP contribution in [0.25, 0.3) is 0 Å². The largest absolute Gasteiger partial charge is 0.453 e. The lowest BCUT2D eigenvalue weighted by molar-refractivity contribution is -0.249. The predicted molar refractivity (Wildman–Crippen MR) is 129 cm³/mol. The van der Waals surface area contributed by atoms with Crippen LogP contribution in [0.3, 0.4) is 0 Å². The van der Waals surface area contributed by atoms with E-state index >= 15 is 0 Å². The Balaban J connectivity index is 3.63. The second-order valence-corrected chi connectivity index (χ2v) is 8.35. The van der Waals surface area contributed by atoms with E-state index in [4.69, 9.17) is 18.9 Å². The molecule has 36 heavy (non-hydrogen) atoms. The molecule has 0 aromatic heterocycles. The van der Waals surface area contributed by atoms with Gasteiger partial charge >= 0.3 is 23.9 Å². The number of carbonyl (C=O) groups excluding carboxylic acids is 4. The maximum absolute atomic E-state index is 12.6. The molecular weight excluding hydrogens is 472 g/mol. The molecule has 0 unspecified atom stereocenters. The molecule has 0 radical (unpaired) electrons. The topological polar surface area (TPSA) is 146 Å². The molecule has 0 bridgehead atoms. The van der Waals surface area contributed by atoms with Crippen molar-refractivity contribution < 1.29 is 48.3 Å². The molecule has 10 heteroatoms. The molecule has 0 heterocycles. The summed E-state index contributed by atoms with van der Waals surface area (Å²) in [6, 6.07) is 0. The molecule has 4 atom stereocenters. The first kappa shape index (κ1) is 30.8. The van der Waals surface area contributed by atoms with E-state index in [1.165, 1.54) is 52.0 Å². The summed E-state index contributed by atoms with van der Waals surface area (Å²) in [5.74, 6) is -3.42. The van der Waals surface area contributed by atoms with E-state index in [9.17, 15) is 29.4 Å². The summed E-state index contributed by atoms with van der Waals surface area (Å²) in [7, 11) is 0. The molecule has 10 nitrogen and oxygen atoms in total. The zero-order valence-corrected chi connectivity index (χ0v) is 21.9. The van der Waals surface area contributed by atoms with Crippen molar-refractivity contribution in [2.75, 3.05) is 0 Å². The predicted octanol–water partition coefficient (Wildman–Crippen LogP) is 2.23. The van der Waals surface area contributed by atoms with Gasteiger partial charge in [0.15, 0.2) is 24.4 Å². The minimum Gasteiger partial charge on any atom is -0.453 e. The van der Waals surface area contributed by atoms with Gasteiger partial charge < -0.3 is 29.2 Å². The molecular formula is C26H36O10. The van der Waals surface area contributed by atoms with Gasteiger partial charge in [-0.25, -0.2) is 19.2 Å². The van der Waals surface area contributed by atoms with Gasteiger partial charge in [0.1, 0.15) is 12.2 Å². The highest BCUT2D eigenvalue weighted by Crippen LogP contribution is 2.32. The maximum atomic E-state index is 12.6. The summed E-state index contributed by atoms with van der Waals surface area (Å²) in [4.78, 5) is 50.3. The average molecular weight is 509 g/mol. The number of rotatable bonds is 8. The van der Waals surface area contributed by atoms with Crippen molar-refractivity contribution in [3.05, 3.63) is 46.6 Å². The quantitative estimate of drug-likeness (QED) is 0.284. The Morgan fingerprint density at radius 2 is 0.694 bits per heavy atom. The summed E-state index contributed by atoms with van der Waals surface area (Å²) in [5, 5.41) is 22.2. The molecule has 1 saturated carbocycles. The molecule has 0 saturated heterocycles. The van der Waals surface area contributed by atoms with E-state index in [2.05, 4.69) is 0 Å². The molecule has 1 rings (SSSR count). The van der Waals surface area contributed by atoms with Crippen molar-refractivity contribution in [3.8, 4) is 0 Å². The van der Waals surface area contributed by atoms with E-state index in [0.29, 0.717) is 0 Å². The number of hydrogen-bond donors (Lipinski definition) is 2. The Kier molecular flexibility index (Phi) is 11.8. The first-order valence-corrected chi connectivity index (χ1v) is 11.6. The van der Waals surface area contributed by atoms with Crippen molar-refractivity contribution >= 4 is 23.9 Å². The monoisotopic (exact) mass is 508 g/mol. The minimum absolute atomic E-state index is 0.180. The molecule has 0 aromatic rings. The number of hydrogen-bond acceptors (Lipinski definition) is 10. The van der Waals surface area contributed by atoms with Crippen molar-refractivity contribution in [1.29, 1.82) is 0 Å². The molecule has 2 N–H and O–H groups in total. The summed E-state index contributed by atoms with van der Waals surface area (Å²) in [6.45, 7) is 12.3. The molecule has 1 fully saturated rings. The number of ether oxygens (including phenoxy) is 4. The number of carbonyl (C=O) groups is 4. The van der Waals surface area contributed by atoms with Gasteiger partial charge in [0.25, 0.3) is 0 Å². The van der Waals surface area contributed by atoms with Crippen molar-refractivity contribution in [1.82, 2.24) is 0 Å². The van der Waals surface area contributed by atoms with Gasteiger partial charge in [-0.2, -0.15) is 0 Å². The molecule has 0 aliphatic heterocycles. The van der Waals surface area contributed by atoms with E-state index in [1.807, 2.05) is 0 Å². The molecule has 0 amide bonds. The zero-order valence-electron chi connectivity index (χ0n) is 21.9. The van der Waals surface area contributed by atoms with Crippen LogP contribution in [-0.4, -0.2) is 70.7 Å². The van der Waals surface area contributed by atoms with Crippen molar-refractivity contribution in [2.24, 2.45) is 0 Å². The summed E-state index contributed by atoms with van der Waals surface area (Å²) >= 11 is 0. The third-order valence-electron chi connectivity index (χ3n) is 5.99. The third-order valence-corrected chi connectivity index (χ3v) is 5.99. The van der Waals surface area contributed by atoms with Gasteiger partial charge in [-0.05, 0) is 55.4 Å². The summed E-state index contributed by atoms with van der Waals surface area (Å²) < 4.78 is 21.7. The van der Waals surface area contributed by atoms with Crippen LogP contribution in [0.4, 0.5) is 0 Å². The molecule has 200 valence electrons. The highest BCUT2D eigenvalue weighted by atomic mass is 16.6. The summed E-state index contributed by atoms with van der Waals surface area (Å²) in [5.41, 5.74) is 0.725. The normalized spacial score (nSPS) is 27.7. The number of esters is 4. The maximum Gasteiger partial charge on any atom is 0.333 e. The first-order valence-electron chi connectivity index (χ1n) is 11.6. The van der Waals surface area contributed by atoms with Crippen LogP contribution < -0.4 is 0 Å². The van der Waals surface area contributed by atoms with Crippen molar-refractivity contribution in [3.63, 3.8) is 0 Å². The third kappa shape index (κ3) is 7.38. The lowest BCUT2D eigenvalue weighted by Gasteiger charge is -2.45. The Labute approximate surface area is 211 Å². The molecule has 1 aliphatic carbocycles. The van der Waals surface area contributed by atoms with Crippen molar-refractivity contribution in [2.45, 2.75) is 92.0 Å². The standard InChI is InChI=1S/C26H36O10/c1-9-13(5)23(29)33-19-17(27)20(34-24(30)14(6)10-2)22(36-26(32)16(8)12-4)21(18(19)28)35-25(31)15(7)11-3/h9-12,17-22,27-28H,1-8H3/b13-9-,14-10-,15-11-,16-12-/t17-,18-,19?,20+,21+,22?/m1/s1. The van der Waals surface area contributed by atoms with Gasteiger partial charge in [0.2, 0.25) is 0 Å². The second-order valence-electron chi connectivity index (χ2n) is 8.35. The second kappa shape index (κ2) is 13.7. The zero-order chi connectivity index (χ0) is 27.7. The van der Waals surface area contributed by atoms with Gasteiger partial charge in [-0.1, -0.05) is 24.3 Å². The lowest BCUT2D eigenvalue weighted by atomic mass is 9.84. The number of allylic oxidation sites excluding steroid dienone is 4. The Hall–Kier alpha value is -3.24. The highest BCUT2D eigenvalue weighted by Gasteiger charge is 2.57. The van der Waals surface area contributed by atoms with Crippen LogP contribution in [0.1, 0.15) is 55.4 Å². The average Bonchev–Trinajstić information content (AvgIpc) is 2.87. The van der Waals surface area contributed by atoms with Crippen LogP contribution in [0.15, 0.2) is 46.6 Å². The van der Waals surface area contributed by atoms with E-state index in [1.54, 1.807) is 27.7 Å². The molecule has 1 aliphatic rings. The Bertz CT molecular complexity index is 925. The van der Waals surface area contributed by atoms with Crippen LogP contribution in [0.5, 0.6) is 0 Å². The highest BCUT2D eigenvalue weighted by molar-refractivity contribution is 5.90. The fourth-order valence-corrected chi connectivity index (χ4v) is 3.04. The van der Waals surface area contributed by atoms with Crippen LogP contribution in [0.2, 0.25) is 0 Å². The van der Waals surface area contributed by atoms with E-state index < -0.39 is 60.5 Å². The van der Waals surface area contributed by atoms with Crippen LogP contribution in [0, 0.1) is 0 Å². The van der Waals surface area contributed by atoms with Crippen LogP contribution >= 0.6 is 0 Å². The molecule has 0 spiro atoms. The van der Waals surface area contributed by atoms with Gasteiger partial charge in [-0.3, -0.25) is 0 Å². The minimum atomic E-state index is -1.83. The van der Waals surface area contributed by atoms with E-state index in [0.717, 1.165) is 0 Å². The first-order chi connectivity index (χ1) is 16.8. The van der Waals surface area contributed by atoms with Crippen LogP contribution in [-0.2, 0) is 38.1 Å². The van der Waals surface area contributed by atoms with Gasteiger partial charge in [-0.15, -0.1) is 0 Å². The fourth-order valence-electron chi connectivity index (χ4n) is 3.04.